The fourth-order valence-electron chi connectivity index (χ4n) is 0.996. The van der Waals surface area contributed by atoms with E-state index in [4.69, 9.17) is 0 Å². The Kier molecular flexibility index (Phi) is 4.40. The van der Waals surface area contributed by atoms with Crippen molar-refractivity contribution in [3.05, 3.63) is 0 Å². The fraction of sp³-hybridized carbons (Fsp3) is 0.778. The Balaban J connectivity index is 4.58. The predicted octanol–water partition coefficient (Wildman–Crippen LogP) is 0.503. The molecule has 1 unspecified atom stereocenters. The van der Waals surface area contributed by atoms with Crippen LogP contribution < -0.4 is 10.6 Å². The molecule has 14 heavy (non-hydrogen) atoms. The zero-order valence-electron chi connectivity index (χ0n) is 9.30. The number of methoxy groups -OCH3 is 1. The topological polar surface area (TPSA) is 67.4 Å². The molecule has 0 aliphatic rings. The lowest BCUT2D eigenvalue weighted by Gasteiger charge is -2.29. The van der Waals surface area contributed by atoms with Gasteiger partial charge in [-0.15, -0.1) is 0 Å². The van der Waals surface area contributed by atoms with Crippen LogP contribution in [0.2, 0.25) is 0 Å². The molecule has 0 aromatic heterocycles. The van der Waals surface area contributed by atoms with Crippen molar-refractivity contribution in [2.75, 3.05) is 14.2 Å². The Morgan fingerprint density at radius 3 is 2.07 bits per heavy atom. The zero-order valence-corrected chi connectivity index (χ0v) is 9.30. The second-order valence-corrected chi connectivity index (χ2v) is 4.05. The van der Waals surface area contributed by atoms with Gasteiger partial charge in [0.15, 0.2) is 0 Å². The first kappa shape index (κ1) is 12.7. The molecular weight excluding hydrogens is 184 g/mol. The summed E-state index contributed by atoms with van der Waals surface area (Å²) in [5, 5.41) is 4.98. The number of rotatable bonds is 2. The number of ether oxygens (including phenoxy) is 1. The third-order valence-corrected chi connectivity index (χ3v) is 1.82. The maximum absolute atomic E-state index is 11.4. The number of carbonyl (C=O) groups excluding carboxylic acids is 2. The number of hydrogen-bond acceptors (Lipinski definition) is 3. The van der Waals surface area contributed by atoms with Crippen molar-refractivity contribution in [3.63, 3.8) is 0 Å². The second kappa shape index (κ2) is 4.83. The van der Waals surface area contributed by atoms with Crippen LogP contribution in [0.15, 0.2) is 0 Å². The van der Waals surface area contributed by atoms with Gasteiger partial charge in [0.25, 0.3) is 0 Å². The first-order valence-electron chi connectivity index (χ1n) is 4.39. The predicted molar refractivity (Wildman–Crippen MR) is 52.9 cm³/mol. The van der Waals surface area contributed by atoms with Gasteiger partial charge in [0.2, 0.25) is 5.91 Å². The number of amides is 2. The van der Waals surface area contributed by atoms with Crippen LogP contribution in [0.4, 0.5) is 4.79 Å². The van der Waals surface area contributed by atoms with E-state index < -0.39 is 12.1 Å². The molecule has 5 nitrogen and oxygen atoms in total. The highest BCUT2D eigenvalue weighted by atomic mass is 16.5. The van der Waals surface area contributed by atoms with Crippen LogP contribution in [0.5, 0.6) is 0 Å². The second-order valence-electron chi connectivity index (χ2n) is 4.05. The maximum Gasteiger partial charge on any atom is 0.407 e. The van der Waals surface area contributed by atoms with Gasteiger partial charge < -0.3 is 15.4 Å². The van der Waals surface area contributed by atoms with Crippen molar-refractivity contribution in [3.8, 4) is 0 Å². The third kappa shape index (κ3) is 3.64. The van der Waals surface area contributed by atoms with Crippen LogP contribution in [0.1, 0.15) is 20.8 Å². The van der Waals surface area contributed by atoms with Crippen LogP contribution in [0.3, 0.4) is 0 Å². The fourth-order valence-corrected chi connectivity index (χ4v) is 0.996. The Bertz CT molecular complexity index is 221. The van der Waals surface area contributed by atoms with Gasteiger partial charge in [-0.25, -0.2) is 4.79 Å². The van der Waals surface area contributed by atoms with Crippen molar-refractivity contribution in [2.45, 2.75) is 26.8 Å². The average Bonchev–Trinajstić information content (AvgIpc) is 2.10. The van der Waals surface area contributed by atoms with Gasteiger partial charge >= 0.3 is 6.09 Å². The molecule has 0 aliphatic heterocycles. The molecular formula is C9H18N2O3. The smallest absolute Gasteiger partial charge is 0.407 e. The van der Waals surface area contributed by atoms with Crippen LogP contribution in [0, 0.1) is 5.41 Å². The van der Waals surface area contributed by atoms with E-state index in [0.717, 1.165) is 0 Å². The summed E-state index contributed by atoms with van der Waals surface area (Å²) in [5.41, 5.74) is -0.353. The minimum atomic E-state index is -0.603. The van der Waals surface area contributed by atoms with E-state index in [1.807, 2.05) is 20.8 Å². The highest BCUT2D eigenvalue weighted by Crippen LogP contribution is 2.19. The summed E-state index contributed by atoms with van der Waals surface area (Å²) in [5.74, 6) is -0.233. The van der Waals surface area contributed by atoms with Crippen molar-refractivity contribution < 1.29 is 14.3 Å². The van der Waals surface area contributed by atoms with Crippen molar-refractivity contribution >= 4 is 12.0 Å². The van der Waals surface area contributed by atoms with Gasteiger partial charge in [-0.1, -0.05) is 20.8 Å². The summed E-state index contributed by atoms with van der Waals surface area (Å²) in [4.78, 5) is 22.4. The number of carbonyl (C=O) groups is 2. The van der Waals surface area contributed by atoms with Gasteiger partial charge in [-0.2, -0.15) is 0 Å². The molecule has 5 heteroatoms. The van der Waals surface area contributed by atoms with Gasteiger partial charge in [0, 0.05) is 7.05 Å². The summed E-state index contributed by atoms with van der Waals surface area (Å²) in [6, 6.07) is -0.597. The third-order valence-electron chi connectivity index (χ3n) is 1.82. The molecule has 82 valence electrons. The standard InChI is InChI=1S/C9H18N2O3/c1-9(2,3)6(7(12)10-4)11-8(13)14-5/h6H,1-5H3,(H,10,12)(H,11,13). The van der Waals surface area contributed by atoms with Gasteiger partial charge in [-0.3, -0.25) is 4.79 Å². The largest absolute Gasteiger partial charge is 0.453 e. The molecule has 0 spiro atoms. The van der Waals surface area contributed by atoms with E-state index in [1.54, 1.807) is 0 Å². The highest BCUT2D eigenvalue weighted by molar-refractivity contribution is 5.86. The van der Waals surface area contributed by atoms with E-state index in [9.17, 15) is 9.59 Å². The molecule has 0 fully saturated rings. The molecule has 0 heterocycles. The lowest BCUT2D eigenvalue weighted by atomic mass is 9.86. The van der Waals surface area contributed by atoms with E-state index in [-0.39, 0.29) is 11.3 Å². The first-order chi connectivity index (χ1) is 6.32. The van der Waals surface area contributed by atoms with Crippen LogP contribution in [-0.4, -0.2) is 32.2 Å². The molecule has 0 aromatic carbocycles. The monoisotopic (exact) mass is 202 g/mol. The van der Waals surface area contributed by atoms with E-state index >= 15 is 0 Å². The lowest BCUT2D eigenvalue weighted by molar-refractivity contribution is -0.124. The Labute approximate surface area is 84.2 Å². The van der Waals surface area contributed by atoms with E-state index in [0.29, 0.717) is 0 Å². The highest BCUT2D eigenvalue weighted by Gasteiger charge is 2.32. The van der Waals surface area contributed by atoms with Crippen molar-refractivity contribution in [1.82, 2.24) is 10.6 Å². The number of nitrogens with one attached hydrogen (secondary N) is 2. The average molecular weight is 202 g/mol. The Morgan fingerprint density at radius 1 is 1.29 bits per heavy atom. The van der Waals surface area contributed by atoms with Gasteiger partial charge in [-0.05, 0) is 5.41 Å². The summed E-state index contributed by atoms with van der Waals surface area (Å²) < 4.78 is 4.44. The summed E-state index contributed by atoms with van der Waals surface area (Å²) in [6.07, 6.45) is -0.603. The van der Waals surface area contributed by atoms with Crippen LogP contribution >= 0.6 is 0 Å². The minimum absolute atomic E-state index is 0.233. The van der Waals surface area contributed by atoms with Crippen LogP contribution in [0.25, 0.3) is 0 Å². The van der Waals surface area contributed by atoms with Gasteiger partial charge in [0.1, 0.15) is 6.04 Å². The molecule has 0 aliphatic carbocycles. The number of alkyl carbamates (subject to hydrolysis) is 1. The molecule has 2 amide bonds. The summed E-state index contributed by atoms with van der Waals surface area (Å²) >= 11 is 0. The molecule has 0 saturated carbocycles. The Hall–Kier alpha value is -1.26. The van der Waals surface area contributed by atoms with Crippen molar-refractivity contribution in [2.24, 2.45) is 5.41 Å². The molecule has 1 atom stereocenters. The molecule has 0 rings (SSSR count). The number of likely N-dealkylation sites (N-methyl/N-ethyl adjacent to an activating group) is 1. The summed E-state index contributed by atoms with van der Waals surface area (Å²) in [7, 11) is 2.79. The summed E-state index contributed by atoms with van der Waals surface area (Å²) in [6.45, 7) is 5.59. The normalized spacial score (nSPS) is 12.9. The maximum atomic E-state index is 11.4. The number of hydrogen-bond donors (Lipinski definition) is 2. The molecule has 0 aromatic rings. The molecule has 2 N–H and O–H groups in total. The van der Waals surface area contributed by atoms with Crippen LogP contribution in [-0.2, 0) is 9.53 Å². The molecule has 0 radical (unpaired) electrons. The molecule has 0 bridgehead atoms. The lowest BCUT2D eigenvalue weighted by Crippen LogP contribution is -2.52. The first-order valence-corrected chi connectivity index (χ1v) is 4.39. The SMILES string of the molecule is CNC(=O)C(NC(=O)OC)C(C)(C)C. The Morgan fingerprint density at radius 2 is 1.79 bits per heavy atom. The molecule has 0 saturated heterocycles. The van der Waals surface area contributed by atoms with Crippen molar-refractivity contribution in [1.29, 1.82) is 0 Å². The zero-order chi connectivity index (χ0) is 11.4. The quantitative estimate of drug-likeness (QED) is 0.685. The van der Waals surface area contributed by atoms with E-state index in [1.165, 1.54) is 14.2 Å². The minimum Gasteiger partial charge on any atom is -0.453 e. The van der Waals surface area contributed by atoms with Gasteiger partial charge in [0.05, 0.1) is 7.11 Å². The van der Waals surface area contributed by atoms with E-state index in [2.05, 4.69) is 15.4 Å².